The van der Waals surface area contributed by atoms with Gasteiger partial charge in [-0.25, -0.2) is 13.4 Å². The van der Waals surface area contributed by atoms with Crippen molar-refractivity contribution in [2.75, 3.05) is 38.7 Å². The van der Waals surface area contributed by atoms with Gasteiger partial charge in [0.25, 0.3) is 0 Å². The zero-order chi connectivity index (χ0) is 16.3. The number of rotatable bonds is 6. The predicted molar refractivity (Wildman–Crippen MR) is 84.6 cm³/mol. The summed E-state index contributed by atoms with van der Waals surface area (Å²) in [6.45, 7) is 1.25. The Morgan fingerprint density at radius 3 is 2.68 bits per heavy atom. The zero-order valence-corrected chi connectivity index (χ0v) is 14.3. The van der Waals surface area contributed by atoms with Gasteiger partial charge in [0.1, 0.15) is 6.54 Å². The molecule has 9 heteroatoms. The number of amides is 1. The maximum Gasteiger partial charge on any atom is 0.242 e. The van der Waals surface area contributed by atoms with Crippen molar-refractivity contribution in [3.8, 4) is 0 Å². The molecule has 1 atom stereocenters. The summed E-state index contributed by atoms with van der Waals surface area (Å²) in [5.74, 6) is 0.0582. The second-order valence-electron chi connectivity index (χ2n) is 5.77. The van der Waals surface area contributed by atoms with Crippen molar-refractivity contribution in [3.05, 3.63) is 17.7 Å². The average molecular weight is 349 g/mol. The van der Waals surface area contributed by atoms with E-state index in [2.05, 4.69) is 4.98 Å². The number of likely N-dealkylation sites (N-methyl/N-ethyl adjacent to an activating group) is 1. The number of aromatic nitrogens is 2. The molecule has 0 radical (unpaired) electrons. The van der Waals surface area contributed by atoms with Crippen LogP contribution in [-0.2, 0) is 21.2 Å². The number of hydrogen-bond donors (Lipinski definition) is 0. The summed E-state index contributed by atoms with van der Waals surface area (Å²) >= 11 is 5.90. The third-order valence-corrected chi connectivity index (χ3v) is 5.79. The van der Waals surface area contributed by atoms with E-state index in [4.69, 9.17) is 11.6 Å². The van der Waals surface area contributed by atoms with Gasteiger partial charge in [-0.1, -0.05) is 0 Å². The van der Waals surface area contributed by atoms with Gasteiger partial charge in [-0.3, -0.25) is 4.79 Å². The number of sulfone groups is 1. The first-order valence-corrected chi connectivity index (χ1v) is 9.30. The Bertz CT molecular complexity index is 629. The van der Waals surface area contributed by atoms with Crippen LogP contribution in [-0.4, -0.2) is 78.4 Å². The number of hydrogen-bond acceptors (Lipinski definition) is 5. The van der Waals surface area contributed by atoms with E-state index in [1.807, 2.05) is 19.0 Å². The molecule has 1 amide bonds. The smallest absolute Gasteiger partial charge is 0.242 e. The monoisotopic (exact) mass is 348 g/mol. The molecule has 0 aromatic carbocycles. The zero-order valence-electron chi connectivity index (χ0n) is 12.8. The van der Waals surface area contributed by atoms with Crippen LogP contribution in [0.3, 0.4) is 0 Å². The van der Waals surface area contributed by atoms with E-state index in [1.165, 1.54) is 6.20 Å². The molecule has 1 fully saturated rings. The van der Waals surface area contributed by atoms with E-state index in [1.54, 1.807) is 15.7 Å². The highest BCUT2D eigenvalue weighted by molar-refractivity contribution is 7.91. The maximum atomic E-state index is 12.6. The molecule has 22 heavy (non-hydrogen) atoms. The molecule has 0 spiro atoms. The molecule has 1 aliphatic heterocycles. The lowest BCUT2D eigenvalue weighted by Gasteiger charge is -2.29. The van der Waals surface area contributed by atoms with Gasteiger partial charge in [0.15, 0.2) is 9.84 Å². The van der Waals surface area contributed by atoms with E-state index in [0.717, 1.165) is 0 Å². The quantitative estimate of drug-likeness (QED) is 0.729. The highest BCUT2D eigenvalue weighted by Gasteiger charge is 2.34. The Labute approximate surface area is 135 Å². The van der Waals surface area contributed by atoms with E-state index in [0.29, 0.717) is 19.5 Å². The summed E-state index contributed by atoms with van der Waals surface area (Å²) in [5, 5.41) is 0.250. The first-order valence-electron chi connectivity index (χ1n) is 7.10. The topological polar surface area (TPSA) is 75.5 Å². The van der Waals surface area contributed by atoms with Crippen molar-refractivity contribution in [2.24, 2.45) is 0 Å². The van der Waals surface area contributed by atoms with Crippen molar-refractivity contribution in [1.82, 2.24) is 19.4 Å². The van der Waals surface area contributed by atoms with Gasteiger partial charge in [-0.2, -0.15) is 0 Å². The minimum atomic E-state index is -3.04. The SMILES string of the molecule is CN(C)CCN(C(=O)Cn1ccnc1Cl)C1CCS(=O)(=O)C1. The molecule has 1 unspecified atom stereocenters. The molecule has 1 saturated heterocycles. The van der Waals surface area contributed by atoms with Crippen LogP contribution in [0.4, 0.5) is 0 Å². The second-order valence-corrected chi connectivity index (χ2v) is 8.34. The summed E-state index contributed by atoms with van der Waals surface area (Å²) in [5.41, 5.74) is 0. The lowest BCUT2D eigenvalue weighted by atomic mass is 10.2. The minimum Gasteiger partial charge on any atom is -0.336 e. The molecule has 1 aromatic heterocycles. The van der Waals surface area contributed by atoms with Gasteiger partial charge in [0, 0.05) is 31.5 Å². The van der Waals surface area contributed by atoms with E-state index in [-0.39, 0.29) is 35.3 Å². The van der Waals surface area contributed by atoms with Crippen LogP contribution < -0.4 is 0 Å². The number of halogens is 1. The minimum absolute atomic E-state index is 0.0455. The van der Waals surface area contributed by atoms with Crippen LogP contribution in [0, 0.1) is 0 Å². The standard InChI is InChI=1S/C13H21ClN4O3S/c1-16(2)6-7-18(11-3-8-22(20,21)10-11)12(19)9-17-5-4-15-13(17)14/h4-5,11H,3,6-10H2,1-2H3. The molecule has 0 bridgehead atoms. The van der Waals surface area contributed by atoms with Crippen molar-refractivity contribution < 1.29 is 13.2 Å². The fourth-order valence-corrected chi connectivity index (χ4v) is 4.41. The van der Waals surface area contributed by atoms with Crippen molar-refractivity contribution >= 4 is 27.3 Å². The lowest BCUT2D eigenvalue weighted by Crippen LogP contribution is -2.45. The number of nitrogens with zero attached hydrogens (tertiary/aromatic N) is 4. The Kier molecular flexibility index (Phi) is 5.46. The van der Waals surface area contributed by atoms with Crippen molar-refractivity contribution in [1.29, 1.82) is 0 Å². The van der Waals surface area contributed by atoms with Gasteiger partial charge < -0.3 is 14.4 Å². The summed E-state index contributed by atoms with van der Waals surface area (Å²) in [4.78, 5) is 20.1. The predicted octanol–water partition coefficient (Wildman–Crippen LogP) is 0.114. The number of imidazole rings is 1. The van der Waals surface area contributed by atoms with E-state index < -0.39 is 9.84 Å². The first kappa shape index (κ1) is 17.2. The van der Waals surface area contributed by atoms with Crippen LogP contribution in [0.1, 0.15) is 6.42 Å². The first-order chi connectivity index (χ1) is 10.3. The molecule has 0 saturated carbocycles. The van der Waals surface area contributed by atoms with Gasteiger partial charge in [0.2, 0.25) is 11.2 Å². The molecule has 2 heterocycles. The molecule has 0 N–H and O–H groups in total. The van der Waals surface area contributed by atoms with Gasteiger partial charge in [-0.15, -0.1) is 0 Å². The normalized spacial score (nSPS) is 20.5. The lowest BCUT2D eigenvalue weighted by molar-refractivity contribution is -0.133. The van der Waals surface area contributed by atoms with Crippen LogP contribution in [0.5, 0.6) is 0 Å². The maximum absolute atomic E-state index is 12.6. The Morgan fingerprint density at radius 2 is 2.18 bits per heavy atom. The van der Waals surface area contributed by atoms with Crippen LogP contribution in [0.25, 0.3) is 0 Å². The molecular weight excluding hydrogens is 328 g/mol. The number of carbonyl (C=O) groups excluding carboxylic acids is 1. The fraction of sp³-hybridized carbons (Fsp3) is 0.692. The van der Waals surface area contributed by atoms with Gasteiger partial charge >= 0.3 is 0 Å². The Morgan fingerprint density at radius 1 is 1.45 bits per heavy atom. The van der Waals surface area contributed by atoms with E-state index >= 15 is 0 Å². The summed E-state index contributed by atoms with van der Waals surface area (Å²) < 4.78 is 24.9. The Balaban J connectivity index is 2.09. The van der Waals surface area contributed by atoms with Gasteiger partial charge in [0.05, 0.1) is 11.5 Å². The van der Waals surface area contributed by atoms with Crippen LogP contribution in [0.15, 0.2) is 12.4 Å². The summed E-state index contributed by atoms with van der Waals surface area (Å²) in [6.07, 6.45) is 3.66. The Hall–Kier alpha value is -1.12. The van der Waals surface area contributed by atoms with Gasteiger partial charge in [-0.05, 0) is 32.1 Å². The summed E-state index contributed by atoms with van der Waals surface area (Å²) in [6, 6.07) is -0.250. The third-order valence-electron chi connectivity index (χ3n) is 3.73. The largest absolute Gasteiger partial charge is 0.336 e. The number of carbonyl (C=O) groups is 1. The van der Waals surface area contributed by atoms with Crippen molar-refractivity contribution in [2.45, 2.75) is 19.0 Å². The van der Waals surface area contributed by atoms with E-state index in [9.17, 15) is 13.2 Å². The molecule has 1 aromatic rings. The molecule has 2 rings (SSSR count). The fourth-order valence-electron chi connectivity index (χ4n) is 2.51. The van der Waals surface area contributed by atoms with Crippen LogP contribution in [0.2, 0.25) is 5.28 Å². The molecule has 0 aliphatic carbocycles. The van der Waals surface area contributed by atoms with Crippen LogP contribution >= 0.6 is 11.6 Å². The summed E-state index contributed by atoms with van der Waals surface area (Å²) in [7, 11) is 0.799. The second kappa shape index (κ2) is 6.97. The highest BCUT2D eigenvalue weighted by atomic mass is 35.5. The molecule has 124 valence electrons. The highest BCUT2D eigenvalue weighted by Crippen LogP contribution is 2.18. The molecule has 1 aliphatic rings. The molecule has 7 nitrogen and oxygen atoms in total. The third kappa shape index (κ3) is 4.44. The van der Waals surface area contributed by atoms with Crippen molar-refractivity contribution in [3.63, 3.8) is 0 Å². The molecular formula is C13H21ClN4O3S. The average Bonchev–Trinajstić information content (AvgIpc) is 2.96.